The van der Waals surface area contributed by atoms with Crippen molar-refractivity contribution in [2.75, 3.05) is 18.1 Å². The molecule has 1 aromatic heterocycles. The van der Waals surface area contributed by atoms with Crippen LogP contribution in [0.5, 0.6) is 0 Å². The van der Waals surface area contributed by atoms with E-state index in [1.165, 1.54) is 11.0 Å². The Morgan fingerprint density at radius 3 is 3.04 bits per heavy atom. The van der Waals surface area contributed by atoms with Gasteiger partial charge in [-0.3, -0.25) is 14.8 Å². The summed E-state index contributed by atoms with van der Waals surface area (Å²) >= 11 is 0. The second-order valence-corrected chi connectivity index (χ2v) is 6.44. The van der Waals surface area contributed by atoms with E-state index in [1.807, 2.05) is 0 Å². The van der Waals surface area contributed by atoms with E-state index in [9.17, 15) is 14.0 Å². The van der Waals surface area contributed by atoms with Gasteiger partial charge in [-0.05, 0) is 49.4 Å². The Morgan fingerprint density at radius 1 is 1.42 bits per heavy atom. The number of likely N-dealkylation sites (N-methyl/N-ethyl adjacent to an activating group) is 1. The van der Waals surface area contributed by atoms with Gasteiger partial charge in [0.25, 0.3) is 0 Å². The van der Waals surface area contributed by atoms with Crippen molar-refractivity contribution in [2.24, 2.45) is 0 Å². The standard InChI is InChI=1S/C18H19FN4O3/c1-2-20-17(24)14-9-26-18(25)23(14)12-6-10-4-3-5-11-8-21-22-16(11)15(10)13(19)7-12/h6-8,14H,2-5,9H2,1H3,(H,20,24)(H,21,22)/t14-/m0/s1. The van der Waals surface area contributed by atoms with Gasteiger partial charge in [0.1, 0.15) is 12.4 Å². The fourth-order valence-corrected chi connectivity index (χ4v) is 3.64. The van der Waals surface area contributed by atoms with Gasteiger partial charge in [0, 0.05) is 12.1 Å². The number of nitrogens with zero attached hydrogens (tertiary/aromatic N) is 2. The van der Waals surface area contributed by atoms with E-state index in [-0.39, 0.29) is 12.5 Å². The summed E-state index contributed by atoms with van der Waals surface area (Å²) in [5, 5.41) is 9.59. The van der Waals surface area contributed by atoms with Crippen molar-refractivity contribution in [3.8, 4) is 11.3 Å². The van der Waals surface area contributed by atoms with E-state index in [4.69, 9.17) is 4.74 Å². The minimum Gasteiger partial charge on any atom is -0.446 e. The summed E-state index contributed by atoms with van der Waals surface area (Å²) in [5.41, 5.74) is 3.28. The highest BCUT2D eigenvalue weighted by atomic mass is 19.1. The summed E-state index contributed by atoms with van der Waals surface area (Å²) in [7, 11) is 0. The number of carbonyl (C=O) groups is 2. The number of rotatable bonds is 3. The van der Waals surface area contributed by atoms with Gasteiger partial charge in [-0.25, -0.2) is 9.18 Å². The molecule has 0 unspecified atom stereocenters. The number of nitrogens with one attached hydrogen (secondary N) is 2. The maximum absolute atomic E-state index is 15.0. The lowest BCUT2D eigenvalue weighted by molar-refractivity contribution is -0.122. The van der Waals surface area contributed by atoms with E-state index in [2.05, 4.69) is 15.5 Å². The third-order valence-electron chi connectivity index (χ3n) is 4.82. The smallest absolute Gasteiger partial charge is 0.415 e. The van der Waals surface area contributed by atoms with Gasteiger partial charge in [-0.15, -0.1) is 0 Å². The third-order valence-corrected chi connectivity index (χ3v) is 4.82. The number of H-pyrrole nitrogens is 1. The summed E-state index contributed by atoms with van der Waals surface area (Å²) in [5.74, 6) is -0.760. The van der Waals surface area contributed by atoms with E-state index >= 15 is 0 Å². The van der Waals surface area contributed by atoms with Gasteiger partial charge in [-0.2, -0.15) is 5.10 Å². The Kier molecular flexibility index (Phi) is 4.10. The van der Waals surface area contributed by atoms with Crippen LogP contribution < -0.4 is 10.2 Å². The maximum Gasteiger partial charge on any atom is 0.415 e. The monoisotopic (exact) mass is 358 g/mol. The summed E-state index contributed by atoms with van der Waals surface area (Å²) in [6.07, 6.45) is 3.42. The molecule has 1 atom stereocenters. The van der Waals surface area contributed by atoms with Crippen molar-refractivity contribution in [3.63, 3.8) is 0 Å². The van der Waals surface area contributed by atoms with Crippen LogP contribution in [0.1, 0.15) is 24.5 Å². The molecule has 1 saturated heterocycles. The first-order valence-corrected chi connectivity index (χ1v) is 8.69. The highest BCUT2D eigenvalue weighted by molar-refractivity contribution is 6.00. The van der Waals surface area contributed by atoms with Gasteiger partial charge in [-0.1, -0.05) is 0 Å². The predicted molar refractivity (Wildman–Crippen MR) is 92.3 cm³/mol. The first kappa shape index (κ1) is 16.6. The topological polar surface area (TPSA) is 87.3 Å². The zero-order valence-corrected chi connectivity index (χ0v) is 14.3. The molecule has 0 bridgehead atoms. The number of aromatic nitrogens is 2. The Bertz CT molecular complexity index is 879. The number of hydrogen-bond donors (Lipinski definition) is 2. The maximum atomic E-state index is 15.0. The zero-order valence-electron chi connectivity index (χ0n) is 14.3. The summed E-state index contributed by atoms with van der Waals surface area (Å²) < 4.78 is 20.0. The van der Waals surface area contributed by atoms with E-state index < -0.39 is 18.0 Å². The van der Waals surface area contributed by atoms with Gasteiger partial charge in [0.2, 0.25) is 5.91 Å². The van der Waals surface area contributed by atoms with Crippen LogP contribution in [-0.4, -0.2) is 41.4 Å². The first-order chi connectivity index (χ1) is 12.6. The third kappa shape index (κ3) is 2.61. The summed E-state index contributed by atoms with van der Waals surface area (Å²) in [4.78, 5) is 25.7. The molecule has 1 aromatic carbocycles. The normalized spacial score (nSPS) is 18.8. The number of aryl methyl sites for hydroxylation is 2. The number of amides is 2. The van der Waals surface area contributed by atoms with Gasteiger partial charge in [0.15, 0.2) is 6.04 Å². The molecule has 2 N–H and O–H groups in total. The molecule has 4 rings (SSSR count). The lowest BCUT2D eigenvalue weighted by Gasteiger charge is -2.22. The summed E-state index contributed by atoms with van der Waals surface area (Å²) in [6.45, 7) is 2.19. The minimum absolute atomic E-state index is 0.0476. The second kappa shape index (κ2) is 6.44. The molecule has 1 fully saturated rings. The van der Waals surface area contributed by atoms with Crippen molar-refractivity contribution < 1.29 is 18.7 Å². The van der Waals surface area contributed by atoms with Crippen molar-refractivity contribution in [3.05, 3.63) is 35.3 Å². The number of aromatic amines is 1. The number of ether oxygens (including phenoxy) is 1. The molecule has 7 nitrogen and oxygen atoms in total. The number of carbonyl (C=O) groups excluding carboxylic acids is 2. The van der Waals surface area contributed by atoms with Crippen molar-refractivity contribution in [1.82, 2.24) is 15.5 Å². The SMILES string of the molecule is CCNC(=O)[C@@H]1COC(=O)N1c1cc(F)c2c(c1)CCCc1cn[nH]c1-2. The number of cyclic esters (lactones) is 1. The molecule has 2 heterocycles. The number of halogens is 1. The van der Waals surface area contributed by atoms with E-state index in [0.717, 1.165) is 24.0 Å². The molecular formula is C18H19FN4O3. The molecule has 1 aliphatic heterocycles. The molecule has 0 radical (unpaired) electrons. The molecule has 8 heteroatoms. The molecule has 26 heavy (non-hydrogen) atoms. The van der Waals surface area contributed by atoms with Gasteiger partial charge < -0.3 is 10.1 Å². The average Bonchev–Trinajstić information content (AvgIpc) is 3.17. The van der Waals surface area contributed by atoms with Crippen molar-refractivity contribution in [1.29, 1.82) is 0 Å². The predicted octanol–water partition coefficient (Wildman–Crippen LogP) is 2.17. The van der Waals surface area contributed by atoms with Crippen LogP contribution in [0.15, 0.2) is 18.3 Å². The highest BCUT2D eigenvalue weighted by Crippen LogP contribution is 2.37. The van der Waals surface area contributed by atoms with Crippen LogP contribution in [0.3, 0.4) is 0 Å². The Morgan fingerprint density at radius 2 is 2.23 bits per heavy atom. The number of anilines is 1. The molecule has 2 amide bonds. The fraction of sp³-hybridized carbons (Fsp3) is 0.389. The molecule has 136 valence electrons. The van der Waals surface area contributed by atoms with E-state index in [0.29, 0.717) is 29.9 Å². The van der Waals surface area contributed by atoms with Crippen LogP contribution in [-0.2, 0) is 22.4 Å². The average molecular weight is 358 g/mol. The van der Waals surface area contributed by atoms with Gasteiger partial charge in [0.05, 0.1) is 17.6 Å². The Hall–Kier alpha value is -2.90. The van der Waals surface area contributed by atoms with Gasteiger partial charge >= 0.3 is 6.09 Å². The first-order valence-electron chi connectivity index (χ1n) is 8.69. The number of benzene rings is 1. The number of hydrogen-bond acceptors (Lipinski definition) is 4. The zero-order chi connectivity index (χ0) is 18.3. The highest BCUT2D eigenvalue weighted by Gasteiger charge is 2.39. The Labute approximate surface area is 149 Å². The molecule has 0 spiro atoms. The molecule has 1 aliphatic carbocycles. The lowest BCUT2D eigenvalue weighted by atomic mass is 10.00. The van der Waals surface area contributed by atoms with Crippen LogP contribution in [0.4, 0.5) is 14.9 Å². The minimum atomic E-state index is -0.798. The van der Waals surface area contributed by atoms with Crippen LogP contribution >= 0.6 is 0 Å². The van der Waals surface area contributed by atoms with Crippen molar-refractivity contribution in [2.45, 2.75) is 32.2 Å². The van der Waals surface area contributed by atoms with Crippen LogP contribution in [0, 0.1) is 5.82 Å². The fourth-order valence-electron chi connectivity index (χ4n) is 3.64. The van der Waals surface area contributed by atoms with E-state index in [1.54, 1.807) is 19.2 Å². The summed E-state index contributed by atoms with van der Waals surface area (Å²) in [6, 6.07) is 2.26. The molecule has 2 aromatic rings. The molecule has 0 saturated carbocycles. The second-order valence-electron chi connectivity index (χ2n) is 6.44. The molecular weight excluding hydrogens is 339 g/mol. The Balaban J connectivity index is 1.77. The molecule has 2 aliphatic rings. The largest absolute Gasteiger partial charge is 0.446 e. The van der Waals surface area contributed by atoms with Crippen molar-refractivity contribution >= 4 is 17.7 Å². The van der Waals surface area contributed by atoms with Crippen LogP contribution in [0.2, 0.25) is 0 Å². The number of fused-ring (bicyclic) bond motifs is 3. The quantitative estimate of drug-likeness (QED) is 0.880. The lowest BCUT2D eigenvalue weighted by Crippen LogP contribution is -2.46. The van der Waals surface area contributed by atoms with Crippen LogP contribution in [0.25, 0.3) is 11.3 Å².